The third-order valence-corrected chi connectivity index (χ3v) is 7.37. The molecular weight excluding hydrogens is 432 g/mol. The van der Waals surface area contributed by atoms with Crippen LogP contribution < -0.4 is 5.32 Å². The van der Waals surface area contributed by atoms with E-state index in [9.17, 15) is 14.9 Å². The highest BCUT2D eigenvalue weighted by Crippen LogP contribution is 2.57. The molecule has 1 heterocycles. The van der Waals surface area contributed by atoms with Crippen molar-refractivity contribution in [1.82, 2.24) is 5.32 Å². The van der Waals surface area contributed by atoms with Crippen molar-refractivity contribution in [3.63, 3.8) is 0 Å². The fourth-order valence-corrected chi connectivity index (χ4v) is 5.48. The van der Waals surface area contributed by atoms with Gasteiger partial charge in [-0.3, -0.25) is 9.59 Å². The molecule has 2 aromatic rings. The van der Waals surface area contributed by atoms with Gasteiger partial charge in [-0.15, -0.1) is 0 Å². The lowest BCUT2D eigenvalue weighted by Crippen LogP contribution is -2.66. The van der Waals surface area contributed by atoms with Crippen LogP contribution in [0.1, 0.15) is 55.7 Å². The summed E-state index contributed by atoms with van der Waals surface area (Å²) >= 11 is 6.33. The molecule has 3 rings (SSSR count). The van der Waals surface area contributed by atoms with Crippen LogP contribution in [0.3, 0.4) is 0 Å². The van der Waals surface area contributed by atoms with Gasteiger partial charge in [0.15, 0.2) is 0 Å². The van der Waals surface area contributed by atoms with E-state index in [2.05, 4.69) is 24.0 Å². The van der Waals surface area contributed by atoms with Crippen LogP contribution in [0.2, 0.25) is 5.02 Å². The van der Waals surface area contributed by atoms with Crippen LogP contribution in [0, 0.1) is 29.1 Å². The second kappa shape index (κ2) is 10.5. The van der Waals surface area contributed by atoms with Gasteiger partial charge >= 0.3 is 0 Å². The van der Waals surface area contributed by atoms with Gasteiger partial charge in [0.25, 0.3) is 0 Å². The van der Waals surface area contributed by atoms with Gasteiger partial charge in [0, 0.05) is 29.4 Å². The first-order valence-corrected chi connectivity index (χ1v) is 11.6. The van der Waals surface area contributed by atoms with Crippen LogP contribution in [0.15, 0.2) is 54.6 Å². The van der Waals surface area contributed by atoms with Gasteiger partial charge in [0.05, 0.1) is 16.9 Å². The number of nitriles is 1. The van der Waals surface area contributed by atoms with Crippen molar-refractivity contribution < 1.29 is 9.59 Å². The van der Waals surface area contributed by atoms with Gasteiger partial charge in [-0.2, -0.15) is 5.26 Å². The van der Waals surface area contributed by atoms with Gasteiger partial charge in [-0.05, 0) is 56.9 Å². The molecule has 0 aromatic heterocycles. The van der Waals surface area contributed by atoms with Gasteiger partial charge in [0.2, 0.25) is 12.6 Å². The van der Waals surface area contributed by atoms with E-state index >= 15 is 0 Å². The molecule has 170 valence electrons. The summed E-state index contributed by atoms with van der Waals surface area (Å²) in [7, 11) is 0. The molecule has 0 amide bonds. The fraction of sp³-hybridized carbons (Fsp3) is 0.393. The molecule has 0 aliphatic carbocycles. The zero-order valence-electron chi connectivity index (χ0n) is 19.3. The zero-order valence-corrected chi connectivity index (χ0v) is 20.0. The lowest BCUT2D eigenvalue weighted by atomic mass is 9.50. The Morgan fingerprint density at radius 1 is 1.06 bits per heavy atom. The summed E-state index contributed by atoms with van der Waals surface area (Å²) in [6.45, 7) is 5.91. The molecule has 1 aliphatic heterocycles. The Morgan fingerprint density at radius 3 is 2.33 bits per heavy atom. The minimum Gasteiger partial charge on any atom is -0.310 e. The maximum atomic E-state index is 12.8. The Morgan fingerprint density at radius 2 is 1.73 bits per heavy atom. The summed E-state index contributed by atoms with van der Waals surface area (Å²) in [6, 6.07) is 17.0. The predicted octanol–water partition coefficient (Wildman–Crippen LogP) is 5.71. The van der Waals surface area contributed by atoms with E-state index < -0.39 is 16.7 Å². The van der Waals surface area contributed by atoms with Gasteiger partial charge in [-0.25, -0.2) is 0 Å². The van der Waals surface area contributed by atoms with Crippen LogP contribution in [0.4, 0.5) is 0 Å². The van der Waals surface area contributed by atoms with E-state index in [1.807, 2.05) is 75.4 Å². The number of allylic oxidation sites excluding steroid dienone is 1. The highest BCUT2D eigenvalue weighted by molar-refractivity contribution is 6.30. The molecule has 2 aromatic carbocycles. The van der Waals surface area contributed by atoms with E-state index in [0.717, 1.165) is 11.1 Å². The number of hydrogen-bond acceptors (Lipinski definition) is 4. The largest absolute Gasteiger partial charge is 0.310 e. The minimum atomic E-state index is -1.08. The van der Waals surface area contributed by atoms with E-state index in [4.69, 9.17) is 11.6 Å². The Balaban J connectivity index is 2.14. The smallest absolute Gasteiger partial charge is 0.207 e. The first-order chi connectivity index (χ1) is 15.8. The number of nitrogens with zero attached hydrogens (tertiary/aromatic N) is 1. The average Bonchev–Trinajstić information content (AvgIpc) is 2.81. The lowest BCUT2D eigenvalue weighted by molar-refractivity contribution is 0.0517. The molecule has 5 atom stereocenters. The average molecular weight is 461 g/mol. The van der Waals surface area contributed by atoms with Gasteiger partial charge in [-0.1, -0.05) is 65.7 Å². The number of nitrogens with one attached hydrogen (secondary N) is 1. The summed E-state index contributed by atoms with van der Waals surface area (Å²) in [5, 5.41) is 13.3. The molecule has 0 spiro atoms. The van der Waals surface area contributed by atoms with Crippen LogP contribution in [-0.2, 0) is 9.59 Å². The molecule has 1 saturated heterocycles. The van der Waals surface area contributed by atoms with Crippen molar-refractivity contribution in [3.8, 4) is 6.07 Å². The topological polar surface area (TPSA) is 70.0 Å². The number of rotatable bonds is 8. The number of aryl methyl sites for hydroxylation is 1. The summed E-state index contributed by atoms with van der Waals surface area (Å²) in [5.74, 6) is -0.541. The SMILES string of the molecule is Cc1ccc(/C=C/CC2([C]=O)C(C)NC(C)C([C]=O)(CCC#N)C2c2cccc(Cl)c2)cc1. The molecule has 0 saturated carbocycles. The highest BCUT2D eigenvalue weighted by atomic mass is 35.5. The lowest BCUT2D eigenvalue weighted by Gasteiger charge is -2.56. The summed E-state index contributed by atoms with van der Waals surface area (Å²) in [5.41, 5.74) is 0.862. The maximum Gasteiger partial charge on any atom is 0.207 e. The van der Waals surface area contributed by atoms with Crippen LogP contribution >= 0.6 is 11.6 Å². The molecular formula is C28H29ClN2O2. The van der Waals surface area contributed by atoms with E-state index in [0.29, 0.717) is 11.4 Å². The normalized spacial score (nSPS) is 29.5. The molecule has 1 aliphatic rings. The van der Waals surface area contributed by atoms with Gasteiger partial charge in [0.1, 0.15) is 0 Å². The number of benzene rings is 2. The monoisotopic (exact) mass is 460 g/mol. The third kappa shape index (κ3) is 4.81. The third-order valence-electron chi connectivity index (χ3n) is 7.13. The summed E-state index contributed by atoms with van der Waals surface area (Å²) in [4.78, 5) is 25.5. The maximum absolute atomic E-state index is 12.8. The quantitative estimate of drug-likeness (QED) is 0.547. The molecule has 5 unspecified atom stereocenters. The fourth-order valence-electron chi connectivity index (χ4n) is 5.29. The molecule has 0 bridgehead atoms. The second-order valence-electron chi connectivity index (χ2n) is 9.06. The number of piperidine rings is 1. The first kappa shape index (κ1) is 24.9. The molecule has 5 heteroatoms. The molecule has 1 fully saturated rings. The molecule has 4 nitrogen and oxygen atoms in total. The van der Waals surface area contributed by atoms with E-state index in [1.54, 1.807) is 6.07 Å². The molecule has 33 heavy (non-hydrogen) atoms. The Bertz CT molecular complexity index is 1060. The van der Waals surface area contributed by atoms with Crippen molar-refractivity contribution in [2.75, 3.05) is 0 Å². The van der Waals surface area contributed by atoms with Crippen LogP contribution in [0.25, 0.3) is 6.08 Å². The molecule has 2 radical (unpaired) electrons. The number of halogens is 1. The Hall–Kier alpha value is -2.74. The zero-order chi connectivity index (χ0) is 24.1. The van der Waals surface area contributed by atoms with Crippen molar-refractivity contribution in [1.29, 1.82) is 5.26 Å². The Labute approximate surface area is 201 Å². The molecule has 1 N–H and O–H groups in total. The number of hydrogen-bond donors (Lipinski definition) is 1. The van der Waals surface area contributed by atoms with E-state index in [-0.39, 0.29) is 24.9 Å². The number of carbonyl (C=O) groups excluding carboxylic acids is 2. The van der Waals surface area contributed by atoms with Crippen molar-refractivity contribution >= 4 is 30.2 Å². The van der Waals surface area contributed by atoms with Crippen LogP contribution in [0.5, 0.6) is 0 Å². The van der Waals surface area contributed by atoms with E-state index in [1.165, 1.54) is 5.56 Å². The standard InChI is InChI=1S/C28H29ClN2O2/c1-20-10-12-23(13-11-20)7-5-14-27(18-32)21(2)31-22(3)28(19-33,15-6-16-30)26(27)24-8-4-9-25(29)17-24/h4-5,7-13,17,21-22,26,31H,6,14-15H2,1-3H3/b7-5+. The Kier molecular flexibility index (Phi) is 7.89. The van der Waals surface area contributed by atoms with Crippen LogP contribution in [-0.4, -0.2) is 24.7 Å². The first-order valence-electron chi connectivity index (χ1n) is 11.2. The van der Waals surface area contributed by atoms with Crippen molar-refractivity contribution in [2.45, 2.75) is 58.0 Å². The summed E-state index contributed by atoms with van der Waals surface area (Å²) in [6.07, 6.45) is 9.43. The minimum absolute atomic E-state index is 0.181. The van der Waals surface area contributed by atoms with Crippen molar-refractivity contribution in [2.24, 2.45) is 10.8 Å². The van der Waals surface area contributed by atoms with Crippen molar-refractivity contribution in [3.05, 3.63) is 76.3 Å². The summed E-state index contributed by atoms with van der Waals surface area (Å²) < 4.78 is 0. The van der Waals surface area contributed by atoms with Gasteiger partial charge < -0.3 is 5.32 Å². The second-order valence-corrected chi connectivity index (χ2v) is 9.49. The highest BCUT2D eigenvalue weighted by Gasteiger charge is 2.60. The predicted molar refractivity (Wildman–Crippen MR) is 132 cm³/mol.